The molecule has 0 unspecified atom stereocenters. The second-order valence-electron chi connectivity index (χ2n) is 3.81. The van der Waals surface area contributed by atoms with E-state index in [-0.39, 0.29) is 5.91 Å². The van der Waals surface area contributed by atoms with Gasteiger partial charge in [0, 0.05) is 25.8 Å². The van der Waals surface area contributed by atoms with Crippen molar-refractivity contribution in [3.8, 4) is 0 Å². The molecule has 0 bridgehead atoms. The van der Waals surface area contributed by atoms with Gasteiger partial charge in [-0.15, -0.1) is 0 Å². The van der Waals surface area contributed by atoms with Gasteiger partial charge in [-0.1, -0.05) is 0 Å². The third kappa shape index (κ3) is 2.85. The van der Waals surface area contributed by atoms with Crippen molar-refractivity contribution < 1.29 is 13.9 Å². The molecule has 1 aromatic carbocycles. The number of carbonyl (C=O) groups excluding carboxylic acids is 1. The zero-order valence-corrected chi connectivity index (χ0v) is 10.1. The second-order valence-corrected chi connectivity index (χ2v) is 3.81. The number of oxazole rings is 1. The molecular weight excluding hydrogens is 234 g/mol. The number of rotatable bonds is 5. The molecule has 0 saturated carbocycles. The SMILES string of the molecule is COCc1nc2cc(NC(=O)CCN)ccc2o1. The topological polar surface area (TPSA) is 90.4 Å². The smallest absolute Gasteiger partial charge is 0.225 e. The first kappa shape index (κ1) is 12.5. The summed E-state index contributed by atoms with van der Waals surface area (Å²) in [5.74, 6) is 0.399. The van der Waals surface area contributed by atoms with Gasteiger partial charge in [0.15, 0.2) is 5.58 Å². The third-order valence-electron chi connectivity index (χ3n) is 2.35. The summed E-state index contributed by atoms with van der Waals surface area (Å²) in [5.41, 5.74) is 7.34. The molecule has 0 aliphatic heterocycles. The van der Waals surface area contributed by atoms with Gasteiger partial charge in [0.2, 0.25) is 11.8 Å². The highest BCUT2D eigenvalue weighted by Gasteiger charge is 2.07. The third-order valence-corrected chi connectivity index (χ3v) is 2.35. The molecule has 3 N–H and O–H groups in total. The molecule has 6 nitrogen and oxygen atoms in total. The van der Waals surface area contributed by atoms with E-state index in [9.17, 15) is 4.79 Å². The lowest BCUT2D eigenvalue weighted by Crippen LogP contribution is -2.16. The van der Waals surface area contributed by atoms with Gasteiger partial charge in [0.1, 0.15) is 12.1 Å². The molecule has 0 atom stereocenters. The fourth-order valence-corrected chi connectivity index (χ4v) is 1.59. The number of hydrogen-bond donors (Lipinski definition) is 2. The van der Waals surface area contributed by atoms with E-state index in [4.69, 9.17) is 14.9 Å². The number of carbonyl (C=O) groups is 1. The highest BCUT2D eigenvalue weighted by atomic mass is 16.5. The number of amides is 1. The zero-order chi connectivity index (χ0) is 13.0. The number of nitrogens with two attached hydrogens (primary N) is 1. The van der Waals surface area contributed by atoms with Crippen LogP contribution in [0.2, 0.25) is 0 Å². The molecule has 0 radical (unpaired) electrons. The number of anilines is 1. The van der Waals surface area contributed by atoms with Gasteiger partial charge in [0.05, 0.1) is 0 Å². The Hall–Kier alpha value is -1.92. The number of aromatic nitrogens is 1. The minimum Gasteiger partial charge on any atom is -0.438 e. The summed E-state index contributed by atoms with van der Waals surface area (Å²) >= 11 is 0. The number of hydrogen-bond acceptors (Lipinski definition) is 5. The Morgan fingerprint density at radius 1 is 1.56 bits per heavy atom. The van der Waals surface area contributed by atoms with E-state index in [0.717, 1.165) is 0 Å². The van der Waals surface area contributed by atoms with Crippen molar-refractivity contribution >= 4 is 22.7 Å². The maximum Gasteiger partial charge on any atom is 0.225 e. The van der Waals surface area contributed by atoms with Crippen LogP contribution in [0.15, 0.2) is 22.6 Å². The summed E-state index contributed by atoms with van der Waals surface area (Å²) in [6, 6.07) is 5.28. The second kappa shape index (κ2) is 5.61. The summed E-state index contributed by atoms with van der Waals surface area (Å²) in [5, 5.41) is 2.74. The summed E-state index contributed by atoms with van der Waals surface area (Å²) in [7, 11) is 1.58. The molecule has 2 rings (SSSR count). The standard InChI is InChI=1S/C12H15N3O3/c1-17-7-12-15-9-6-8(2-3-10(9)18-12)14-11(16)4-5-13/h2-3,6H,4-5,7,13H2,1H3,(H,14,16). The molecule has 18 heavy (non-hydrogen) atoms. The predicted molar refractivity (Wildman–Crippen MR) is 67.0 cm³/mol. The molecule has 0 aliphatic carbocycles. The minimum absolute atomic E-state index is 0.113. The molecule has 1 aromatic heterocycles. The van der Waals surface area contributed by atoms with E-state index in [1.807, 2.05) is 0 Å². The molecule has 0 spiro atoms. The van der Waals surface area contributed by atoms with Gasteiger partial charge in [-0.2, -0.15) is 0 Å². The van der Waals surface area contributed by atoms with Crippen LogP contribution in [0, 0.1) is 0 Å². The first-order valence-corrected chi connectivity index (χ1v) is 5.61. The van der Waals surface area contributed by atoms with Gasteiger partial charge in [-0.3, -0.25) is 4.79 Å². The number of ether oxygens (including phenoxy) is 1. The average Bonchev–Trinajstić information content (AvgIpc) is 2.71. The van der Waals surface area contributed by atoms with E-state index in [2.05, 4.69) is 10.3 Å². The zero-order valence-electron chi connectivity index (χ0n) is 10.1. The number of benzene rings is 1. The molecule has 0 aliphatic rings. The molecule has 0 saturated heterocycles. The van der Waals surface area contributed by atoms with Crippen LogP contribution in [0.4, 0.5) is 5.69 Å². The summed E-state index contributed by atoms with van der Waals surface area (Å²) in [6.07, 6.45) is 0.297. The van der Waals surface area contributed by atoms with Crippen LogP contribution in [0.3, 0.4) is 0 Å². The number of nitrogens with zero attached hydrogens (tertiary/aromatic N) is 1. The molecule has 6 heteroatoms. The van der Waals surface area contributed by atoms with Crippen molar-refractivity contribution in [3.05, 3.63) is 24.1 Å². The summed E-state index contributed by atoms with van der Waals surface area (Å²) in [6.45, 7) is 0.652. The highest BCUT2D eigenvalue weighted by Crippen LogP contribution is 2.20. The maximum atomic E-state index is 11.4. The molecular formula is C12H15N3O3. The van der Waals surface area contributed by atoms with Crippen LogP contribution in [0.1, 0.15) is 12.3 Å². The van der Waals surface area contributed by atoms with Gasteiger partial charge in [-0.25, -0.2) is 4.98 Å². The van der Waals surface area contributed by atoms with Crippen molar-refractivity contribution in [3.63, 3.8) is 0 Å². The summed E-state index contributed by atoms with van der Waals surface area (Å²) in [4.78, 5) is 15.7. The predicted octanol–water partition coefficient (Wildman–Crippen LogP) is 1.26. The molecule has 0 fully saturated rings. The van der Waals surface area contributed by atoms with E-state index >= 15 is 0 Å². The van der Waals surface area contributed by atoms with Gasteiger partial charge < -0.3 is 20.2 Å². The van der Waals surface area contributed by atoms with E-state index in [0.29, 0.717) is 42.3 Å². The lowest BCUT2D eigenvalue weighted by atomic mass is 10.2. The molecule has 1 heterocycles. The van der Waals surface area contributed by atoms with Crippen LogP contribution >= 0.6 is 0 Å². The van der Waals surface area contributed by atoms with Crippen LogP contribution < -0.4 is 11.1 Å². The average molecular weight is 249 g/mol. The lowest BCUT2D eigenvalue weighted by Gasteiger charge is -2.02. The van der Waals surface area contributed by atoms with Crippen LogP contribution in [0.5, 0.6) is 0 Å². The Balaban J connectivity index is 2.18. The molecule has 2 aromatic rings. The highest BCUT2D eigenvalue weighted by molar-refractivity contribution is 5.92. The fourth-order valence-electron chi connectivity index (χ4n) is 1.59. The van der Waals surface area contributed by atoms with Gasteiger partial charge >= 0.3 is 0 Å². The molecule has 96 valence electrons. The van der Waals surface area contributed by atoms with Crippen LogP contribution in [-0.2, 0) is 16.1 Å². The first-order valence-electron chi connectivity index (χ1n) is 5.61. The van der Waals surface area contributed by atoms with Gasteiger partial charge in [0.25, 0.3) is 0 Å². The number of methoxy groups -OCH3 is 1. The Morgan fingerprint density at radius 3 is 3.11 bits per heavy atom. The van der Waals surface area contributed by atoms with E-state index in [1.165, 1.54) is 0 Å². The quantitative estimate of drug-likeness (QED) is 0.832. The van der Waals surface area contributed by atoms with Crippen LogP contribution in [0.25, 0.3) is 11.1 Å². The lowest BCUT2D eigenvalue weighted by molar-refractivity contribution is -0.116. The van der Waals surface area contributed by atoms with Crippen molar-refractivity contribution in [2.24, 2.45) is 5.73 Å². The van der Waals surface area contributed by atoms with Gasteiger partial charge in [-0.05, 0) is 18.2 Å². The minimum atomic E-state index is -0.113. The molecule has 1 amide bonds. The van der Waals surface area contributed by atoms with Crippen molar-refractivity contribution in [1.29, 1.82) is 0 Å². The Kier molecular flexibility index (Phi) is 3.91. The monoisotopic (exact) mass is 249 g/mol. The largest absolute Gasteiger partial charge is 0.438 e. The Labute approximate surface area is 104 Å². The fraction of sp³-hybridized carbons (Fsp3) is 0.333. The maximum absolute atomic E-state index is 11.4. The van der Waals surface area contributed by atoms with E-state index < -0.39 is 0 Å². The Morgan fingerprint density at radius 2 is 2.39 bits per heavy atom. The number of nitrogens with one attached hydrogen (secondary N) is 1. The van der Waals surface area contributed by atoms with Crippen molar-refractivity contribution in [2.45, 2.75) is 13.0 Å². The van der Waals surface area contributed by atoms with Crippen LogP contribution in [-0.4, -0.2) is 24.5 Å². The first-order chi connectivity index (χ1) is 8.72. The summed E-state index contributed by atoms with van der Waals surface area (Å²) < 4.78 is 10.4. The van der Waals surface area contributed by atoms with E-state index in [1.54, 1.807) is 25.3 Å². The van der Waals surface area contributed by atoms with Crippen molar-refractivity contribution in [1.82, 2.24) is 4.98 Å². The Bertz CT molecular complexity index is 550. The van der Waals surface area contributed by atoms with Crippen molar-refractivity contribution in [2.75, 3.05) is 19.0 Å². The normalized spacial score (nSPS) is 10.8. The number of fused-ring (bicyclic) bond motifs is 1.